The Balaban J connectivity index is 1.98. The third-order valence-electron chi connectivity index (χ3n) is 4.53. The number of hydrogen-bond acceptors (Lipinski definition) is 4. The molecule has 0 heterocycles. The molecule has 0 aromatic heterocycles. The molecule has 5 nitrogen and oxygen atoms in total. The summed E-state index contributed by atoms with van der Waals surface area (Å²) in [4.78, 5) is 16.4. The molecule has 0 saturated carbocycles. The summed E-state index contributed by atoms with van der Waals surface area (Å²) in [6.07, 6.45) is 6.45. The number of hydrogen-bond donors (Lipinski definition) is 0. The summed E-state index contributed by atoms with van der Waals surface area (Å²) in [7, 11) is 3.26. The van der Waals surface area contributed by atoms with Crippen LogP contribution in [0.2, 0.25) is 0 Å². The Bertz CT molecular complexity index is 665. The van der Waals surface area contributed by atoms with Crippen LogP contribution in [0, 0.1) is 0 Å². The highest BCUT2D eigenvalue weighted by Crippen LogP contribution is 2.30. The number of carbonyl (C=O) groups is 1. The summed E-state index contributed by atoms with van der Waals surface area (Å²) in [6.45, 7) is 0.515. The number of ether oxygens (including phenoxy) is 2. The lowest BCUT2D eigenvalue weighted by molar-refractivity contribution is -0.130. The second-order valence-electron chi connectivity index (χ2n) is 6.62. The number of carbonyl (C=O) groups excluding carboxylic acids is 1. The quantitative estimate of drug-likeness (QED) is 0.647. The molecule has 1 aliphatic rings. The van der Waals surface area contributed by atoms with Gasteiger partial charge in [-0.1, -0.05) is 12.1 Å². The molecule has 0 N–H and O–H groups in total. The maximum atomic E-state index is 12.7. The molecular weight excluding hydrogens is 354 g/mol. The van der Waals surface area contributed by atoms with E-state index in [1.54, 1.807) is 12.1 Å². The van der Waals surface area contributed by atoms with Crippen molar-refractivity contribution in [2.75, 3.05) is 27.2 Å². The van der Waals surface area contributed by atoms with Gasteiger partial charge in [-0.2, -0.15) is 8.78 Å². The van der Waals surface area contributed by atoms with Crippen molar-refractivity contribution in [1.29, 1.82) is 0 Å². The SMILES string of the molecule is CCN(C(=O)CN(C)Cc1ccc(OC(F)F)c(OC)c1)C1=CCCCC1. The monoisotopic (exact) mass is 382 g/mol. The van der Waals surface area contributed by atoms with Crippen molar-refractivity contribution in [2.45, 2.75) is 45.8 Å². The van der Waals surface area contributed by atoms with Crippen molar-refractivity contribution < 1.29 is 23.0 Å². The van der Waals surface area contributed by atoms with Gasteiger partial charge in [0.15, 0.2) is 11.5 Å². The Morgan fingerprint density at radius 1 is 1.26 bits per heavy atom. The number of likely N-dealkylation sites (N-methyl/N-ethyl adjacent to an activating group) is 2. The topological polar surface area (TPSA) is 42.0 Å². The lowest BCUT2D eigenvalue weighted by atomic mass is 10.0. The molecule has 1 aromatic carbocycles. The first kappa shape index (κ1) is 21.2. The van der Waals surface area contributed by atoms with Gasteiger partial charge in [0, 0.05) is 18.8 Å². The smallest absolute Gasteiger partial charge is 0.387 e. The van der Waals surface area contributed by atoms with Crippen LogP contribution >= 0.6 is 0 Å². The van der Waals surface area contributed by atoms with Crippen molar-refractivity contribution in [3.63, 3.8) is 0 Å². The standard InChI is InChI=1S/C20H28F2N2O3/c1-4-24(16-8-6-5-7-9-16)19(25)14-23(2)13-15-10-11-17(27-20(21)22)18(12-15)26-3/h8,10-12,20H,4-7,9,13-14H2,1-3H3. The molecule has 1 aromatic rings. The minimum atomic E-state index is -2.90. The normalized spacial score (nSPS) is 14.3. The van der Waals surface area contributed by atoms with Gasteiger partial charge in [-0.3, -0.25) is 9.69 Å². The van der Waals surface area contributed by atoms with Gasteiger partial charge >= 0.3 is 6.61 Å². The molecule has 2 rings (SSSR count). The molecule has 0 spiro atoms. The second kappa shape index (κ2) is 10.3. The highest BCUT2D eigenvalue weighted by molar-refractivity contribution is 5.80. The molecular formula is C20H28F2N2O3. The van der Waals surface area contributed by atoms with Crippen LogP contribution in [0.15, 0.2) is 30.0 Å². The Morgan fingerprint density at radius 2 is 2.04 bits per heavy atom. The zero-order valence-corrected chi connectivity index (χ0v) is 16.2. The molecule has 1 amide bonds. The van der Waals surface area contributed by atoms with Gasteiger partial charge in [0.25, 0.3) is 0 Å². The van der Waals surface area contributed by atoms with Crippen LogP contribution in [0.3, 0.4) is 0 Å². The highest BCUT2D eigenvalue weighted by atomic mass is 19.3. The lowest BCUT2D eigenvalue weighted by Crippen LogP contribution is -2.38. The van der Waals surface area contributed by atoms with E-state index in [0.717, 1.165) is 30.5 Å². The molecule has 0 radical (unpaired) electrons. The van der Waals surface area contributed by atoms with Crippen LogP contribution in [0.25, 0.3) is 0 Å². The number of nitrogens with zero attached hydrogens (tertiary/aromatic N) is 2. The van der Waals surface area contributed by atoms with Gasteiger partial charge in [-0.25, -0.2) is 0 Å². The van der Waals surface area contributed by atoms with Gasteiger partial charge in [-0.15, -0.1) is 0 Å². The van der Waals surface area contributed by atoms with E-state index >= 15 is 0 Å². The largest absolute Gasteiger partial charge is 0.493 e. The molecule has 27 heavy (non-hydrogen) atoms. The summed E-state index contributed by atoms with van der Waals surface area (Å²) < 4.78 is 34.4. The predicted octanol–water partition coefficient (Wildman–Crippen LogP) is 4.03. The molecule has 0 fully saturated rings. The van der Waals surface area contributed by atoms with Crippen LogP contribution in [-0.4, -0.2) is 49.6 Å². The van der Waals surface area contributed by atoms with E-state index in [0.29, 0.717) is 13.1 Å². The van der Waals surface area contributed by atoms with Gasteiger partial charge in [-0.05, 0) is 57.4 Å². The Kier molecular flexibility index (Phi) is 8.03. The van der Waals surface area contributed by atoms with Crippen molar-refractivity contribution >= 4 is 5.91 Å². The van der Waals surface area contributed by atoms with Crippen molar-refractivity contribution in [3.05, 3.63) is 35.5 Å². The van der Waals surface area contributed by atoms with E-state index in [9.17, 15) is 13.6 Å². The number of benzene rings is 1. The summed E-state index contributed by atoms with van der Waals surface area (Å²) in [5.41, 5.74) is 1.97. The highest BCUT2D eigenvalue weighted by Gasteiger charge is 2.19. The van der Waals surface area contributed by atoms with E-state index in [2.05, 4.69) is 10.8 Å². The first-order chi connectivity index (χ1) is 12.9. The molecule has 0 bridgehead atoms. The van der Waals surface area contributed by atoms with E-state index in [4.69, 9.17) is 4.74 Å². The number of halogens is 2. The third-order valence-corrected chi connectivity index (χ3v) is 4.53. The summed E-state index contributed by atoms with van der Waals surface area (Å²) in [5.74, 6) is 0.309. The molecule has 1 aliphatic carbocycles. The first-order valence-corrected chi connectivity index (χ1v) is 9.24. The molecule has 0 unspecified atom stereocenters. The Labute approximate surface area is 159 Å². The molecule has 0 saturated heterocycles. The van der Waals surface area contributed by atoms with E-state index in [1.807, 2.05) is 23.8 Å². The summed E-state index contributed by atoms with van der Waals surface area (Å²) in [6, 6.07) is 4.81. The fourth-order valence-corrected chi connectivity index (χ4v) is 3.29. The molecule has 0 atom stereocenters. The zero-order valence-electron chi connectivity index (χ0n) is 16.2. The maximum absolute atomic E-state index is 12.7. The maximum Gasteiger partial charge on any atom is 0.387 e. The summed E-state index contributed by atoms with van der Waals surface area (Å²) in [5, 5.41) is 0. The lowest BCUT2D eigenvalue weighted by Gasteiger charge is -2.28. The molecule has 0 aliphatic heterocycles. The van der Waals surface area contributed by atoms with E-state index in [-0.39, 0.29) is 24.0 Å². The van der Waals surface area contributed by atoms with Crippen molar-refractivity contribution in [2.24, 2.45) is 0 Å². The zero-order chi connectivity index (χ0) is 19.8. The minimum Gasteiger partial charge on any atom is -0.493 e. The Hall–Kier alpha value is -2.15. The summed E-state index contributed by atoms with van der Waals surface area (Å²) >= 11 is 0. The van der Waals surface area contributed by atoms with Crippen molar-refractivity contribution in [3.8, 4) is 11.5 Å². The first-order valence-electron chi connectivity index (χ1n) is 9.24. The van der Waals surface area contributed by atoms with E-state index < -0.39 is 6.61 Å². The van der Waals surface area contributed by atoms with Gasteiger partial charge in [0.1, 0.15) is 0 Å². The number of alkyl halides is 2. The Morgan fingerprint density at radius 3 is 2.63 bits per heavy atom. The van der Waals surface area contributed by atoms with Crippen LogP contribution in [0.5, 0.6) is 11.5 Å². The number of allylic oxidation sites excluding steroid dienone is 2. The second-order valence-corrected chi connectivity index (χ2v) is 6.62. The van der Waals surface area contributed by atoms with Gasteiger partial charge < -0.3 is 14.4 Å². The minimum absolute atomic E-state index is 0.00336. The average molecular weight is 382 g/mol. The van der Waals surface area contributed by atoms with Crippen LogP contribution in [0.1, 0.15) is 38.2 Å². The van der Waals surface area contributed by atoms with Gasteiger partial charge in [0.2, 0.25) is 5.91 Å². The van der Waals surface area contributed by atoms with Crippen molar-refractivity contribution in [1.82, 2.24) is 9.80 Å². The third kappa shape index (κ3) is 6.20. The number of methoxy groups -OCH3 is 1. The fraction of sp³-hybridized carbons (Fsp3) is 0.550. The predicted molar refractivity (Wildman–Crippen MR) is 99.9 cm³/mol. The van der Waals surface area contributed by atoms with Crippen LogP contribution in [-0.2, 0) is 11.3 Å². The van der Waals surface area contributed by atoms with E-state index in [1.165, 1.54) is 19.6 Å². The number of amides is 1. The van der Waals surface area contributed by atoms with Crippen LogP contribution < -0.4 is 9.47 Å². The van der Waals surface area contributed by atoms with Crippen LogP contribution in [0.4, 0.5) is 8.78 Å². The number of rotatable bonds is 9. The van der Waals surface area contributed by atoms with Gasteiger partial charge in [0.05, 0.1) is 13.7 Å². The molecule has 150 valence electrons. The molecule has 7 heteroatoms. The fourth-order valence-electron chi connectivity index (χ4n) is 3.29. The average Bonchev–Trinajstić information content (AvgIpc) is 2.64.